The fraction of sp³-hybridized carbons (Fsp3) is 0.571. The van der Waals surface area contributed by atoms with Crippen molar-refractivity contribution in [3.8, 4) is 5.75 Å². The Balaban J connectivity index is 0.00000841. The summed E-state index contributed by atoms with van der Waals surface area (Å²) in [6.45, 7) is 7.27. The van der Waals surface area contributed by atoms with Crippen molar-refractivity contribution >= 4 is 41.8 Å². The Bertz CT molecular complexity index is 690. The first kappa shape index (κ1) is 28.0. The van der Waals surface area contributed by atoms with Crippen molar-refractivity contribution < 1.29 is 14.3 Å². The number of aliphatic imine (C=N–C) groups is 1. The molecule has 0 heterocycles. The number of benzene rings is 1. The molecule has 2 amide bonds. The lowest BCUT2D eigenvalue weighted by molar-refractivity contribution is -0.129. The average molecular weight is 533 g/mol. The molecule has 0 bridgehead atoms. The number of nitrogens with zero attached hydrogens (tertiary/aromatic N) is 2. The molecular weight excluding hydrogens is 497 g/mol. The Morgan fingerprint density at radius 3 is 2.27 bits per heavy atom. The summed E-state index contributed by atoms with van der Waals surface area (Å²) in [6, 6.07) is 7.87. The number of hydrogen-bond acceptors (Lipinski definition) is 4. The maximum absolute atomic E-state index is 12.2. The average Bonchev–Trinajstić information content (AvgIpc) is 2.69. The summed E-state index contributed by atoms with van der Waals surface area (Å²) in [5.41, 5.74) is 0.546. The van der Waals surface area contributed by atoms with E-state index in [1.807, 2.05) is 45.0 Å². The molecule has 0 aliphatic heterocycles. The second-order valence-corrected chi connectivity index (χ2v) is 7.57. The number of ether oxygens (including phenoxy) is 1. The molecule has 0 aliphatic rings. The number of guanidine groups is 1. The van der Waals surface area contributed by atoms with Crippen molar-refractivity contribution in [2.45, 2.75) is 27.2 Å². The van der Waals surface area contributed by atoms with Gasteiger partial charge in [0.1, 0.15) is 12.3 Å². The third-order valence-corrected chi connectivity index (χ3v) is 4.39. The lowest BCUT2D eigenvalue weighted by Gasteiger charge is -2.25. The van der Waals surface area contributed by atoms with Crippen LogP contribution >= 0.6 is 24.0 Å². The zero-order valence-electron chi connectivity index (χ0n) is 18.9. The second kappa shape index (κ2) is 14.1. The Hall–Kier alpha value is -2.04. The van der Waals surface area contributed by atoms with Crippen LogP contribution in [0.15, 0.2) is 29.3 Å². The highest BCUT2D eigenvalue weighted by molar-refractivity contribution is 14.0. The number of carbonyl (C=O) groups excluding carboxylic acids is 2. The summed E-state index contributed by atoms with van der Waals surface area (Å²) >= 11 is 0. The van der Waals surface area contributed by atoms with Gasteiger partial charge < -0.3 is 25.6 Å². The molecule has 1 aromatic carbocycles. The van der Waals surface area contributed by atoms with E-state index in [4.69, 9.17) is 4.74 Å². The van der Waals surface area contributed by atoms with Crippen molar-refractivity contribution in [1.82, 2.24) is 20.9 Å². The smallest absolute Gasteiger partial charge is 0.243 e. The SMILES string of the molecule is CCNC(=O)C(C)(C)CNC(=NCC(=O)N(C)C)NCCc1ccc(OC)cc1.I. The van der Waals surface area contributed by atoms with Gasteiger partial charge in [-0.3, -0.25) is 9.59 Å². The van der Waals surface area contributed by atoms with Gasteiger partial charge in [-0.15, -0.1) is 24.0 Å². The van der Waals surface area contributed by atoms with Crippen LogP contribution in [-0.2, 0) is 16.0 Å². The van der Waals surface area contributed by atoms with E-state index in [0.717, 1.165) is 17.7 Å². The van der Waals surface area contributed by atoms with Gasteiger partial charge in [-0.2, -0.15) is 0 Å². The minimum atomic E-state index is -0.611. The van der Waals surface area contributed by atoms with Gasteiger partial charge in [0, 0.05) is 33.7 Å². The summed E-state index contributed by atoms with van der Waals surface area (Å²) in [4.78, 5) is 29.9. The molecule has 0 aromatic heterocycles. The highest BCUT2D eigenvalue weighted by Gasteiger charge is 2.27. The van der Waals surface area contributed by atoms with E-state index >= 15 is 0 Å². The Kier molecular flexibility index (Phi) is 13.1. The van der Waals surface area contributed by atoms with Crippen LogP contribution in [0.2, 0.25) is 0 Å². The predicted octanol–water partition coefficient (Wildman–Crippen LogP) is 1.64. The Morgan fingerprint density at radius 2 is 1.73 bits per heavy atom. The van der Waals surface area contributed by atoms with Crippen LogP contribution < -0.4 is 20.7 Å². The van der Waals surface area contributed by atoms with E-state index in [2.05, 4.69) is 20.9 Å². The first-order chi connectivity index (χ1) is 13.7. The molecule has 9 heteroatoms. The minimum absolute atomic E-state index is 0. The number of methoxy groups -OCH3 is 1. The molecule has 1 rings (SSSR count). The van der Waals surface area contributed by atoms with Crippen molar-refractivity contribution in [2.75, 3.05) is 47.4 Å². The quantitative estimate of drug-likeness (QED) is 0.242. The summed E-state index contributed by atoms with van der Waals surface area (Å²) in [5, 5.41) is 9.26. The fourth-order valence-electron chi connectivity index (χ4n) is 2.36. The van der Waals surface area contributed by atoms with Gasteiger partial charge in [0.25, 0.3) is 0 Å². The fourth-order valence-corrected chi connectivity index (χ4v) is 2.36. The van der Waals surface area contributed by atoms with Gasteiger partial charge in [0.15, 0.2) is 5.96 Å². The largest absolute Gasteiger partial charge is 0.497 e. The van der Waals surface area contributed by atoms with Crippen LogP contribution in [0.25, 0.3) is 0 Å². The molecular formula is C21H36IN5O3. The van der Waals surface area contributed by atoms with Crippen LogP contribution in [0.5, 0.6) is 5.75 Å². The molecule has 8 nitrogen and oxygen atoms in total. The molecule has 0 spiro atoms. The summed E-state index contributed by atoms with van der Waals surface area (Å²) in [6.07, 6.45) is 0.784. The molecule has 30 heavy (non-hydrogen) atoms. The summed E-state index contributed by atoms with van der Waals surface area (Å²) in [7, 11) is 5.03. The molecule has 170 valence electrons. The molecule has 0 fully saturated rings. The first-order valence-corrected chi connectivity index (χ1v) is 9.83. The molecule has 0 atom stereocenters. The number of carbonyl (C=O) groups is 2. The third-order valence-electron chi connectivity index (χ3n) is 4.39. The standard InChI is InChI=1S/C21H35N5O3.HI/c1-7-22-19(28)21(2,3)15-25-20(24-14-18(27)26(4)5)23-13-12-16-8-10-17(29-6)11-9-16;/h8-11H,7,12-15H2,1-6H3,(H,22,28)(H2,23,24,25);1H. The van der Waals surface area contributed by atoms with Gasteiger partial charge in [-0.1, -0.05) is 12.1 Å². The monoisotopic (exact) mass is 533 g/mol. The first-order valence-electron chi connectivity index (χ1n) is 9.83. The van der Waals surface area contributed by atoms with Crippen molar-refractivity contribution in [3.63, 3.8) is 0 Å². The van der Waals surface area contributed by atoms with Crippen LogP contribution in [0.1, 0.15) is 26.3 Å². The number of hydrogen-bond donors (Lipinski definition) is 3. The van der Waals surface area contributed by atoms with Crippen LogP contribution in [0.3, 0.4) is 0 Å². The van der Waals surface area contributed by atoms with Crippen LogP contribution in [0, 0.1) is 5.41 Å². The molecule has 0 radical (unpaired) electrons. The highest BCUT2D eigenvalue weighted by Crippen LogP contribution is 2.13. The number of amides is 2. The third kappa shape index (κ3) is 10.1. The summed E-state index contributed by atoms with van der Waals surface area (Å²) in [5.74, 6) is 1.20. The molecule has 3 N–H and O–H groups in total. The van der Waals surface area contributed by atoms with Gasteiger partial charge in [-0.25, -0.2) is 4.99 Å². The second-order valence-electron chi connectivity index (χ2n) is 7.57. The number of likely N-dealkylation sites (N-methyl/N-ethyl adjacent to an activating group) is 1. The van der Waals surface area contributed by atoms with Gasteiger partial charge in [0.2, 0.25) is 11.8 Å². The van der Waals surface area contributed by atoms with Crippen molar-refractivity contribution in [3.05, 3.63) is 29.8 Å². The highest BCUT2D eigenvalue weighted by atomic mass is 127. The lowest BCUT2D eigenvalue weighted by atomic mass is 9.92. The maximum atomic E-state index is 12.2. The minimum Gasteiger partial charge on any atom is -0.497 e. The summed E-state index contributed by atoms with van der Waals surface area (Å²) < 4.78 is 5.17. The van der Waals surface area contributed by atoms with E-state index in [0.29, 0.717) is 25.6 Å². The van der Waals surface area contributed by atoms with E-state index in [1.165, 1.54) is 4.90 Å². The van der Waals surface area contributed by atoms with E-state index < -0.39 is 5.41 Å². The predicted molar refractivity (Wildman–Crippen MR) is 132 cm³/mol. The molecule has 0 unspecified atom stereocenters. The maximum Gasteiger partial charge on any atom is 0.243 e. The molecule has 0 saturated heterocycles. The zero-order chi connectivity index (χ0) is 21.9. The number of rotatable bonds is 10. The topological polar surface area (TPSA) is 95.1 Å². The zero-order valence-corrected chi connectivity index (χ0v) is 21.2. The lowest BCUT2D eigenvalue weighted by Crippen LogP contribution is -2.48. The van der Waals surface area contributed by atoms with E-state index in [1.54, 1.807) is 21.2 Å². The van der Waals surface area contributed by atoms with Gasteiger partial charge in [-0.05, 0) is 44.9 Å². The van der Waals surface area contributed by atoms with Crippen molar-refractivity contribution in [1.29, 1.82) is 0 Å². The Labute approximate surface area is 197 Å². The van der Waals surface area contributed by atoms with Crippen molar-refractivity contribution in [2.24, 2.45) is 10.4 Å². The molecule has 0 saturated carbocycles. The number of nitrogens with one attached hydrogen (secondary N) is 3. The normalized spacial score (nSPS) is 11.2. The molecule has 1 aromatic rings. The Morgan fingerprint density at radius 1 is 1.10 bits per heavy atom. The van der Waals surface area contributed by atoms with Crippen LogP contribution in [-0.4, -0.2) is 70.1 Å². The van der Waals surface area contributed by atoms with Crippen LogP contribution in [0.4, 0.5) is 0 Å². The van der Waals surface area contributed by atoms with Gasteiger partial charge in [0.05, 0.1) is 12.5 Å². The number of halogens is 1. The van der Waals surface area contributed by atoms with E-state index in [9.17, 15) is 9.59 Å². The van der Waals surface area contributed by atoms with E-state index in [-0.39, 0.29) is 42.3 Å². The van der Waals surface area contributed by atoms with Gasteiger partial charge >= 0.3 is 0 Å². The molecule has 0 aliphatic carbocycles.